The lowest BCUT2D eigenvalue weighted by Gasteiger charge is -2.42. The fourth-order valence-corrected chi connectivity index (χ4v) is 3.03. The standard InChI is InChI=1S/C18H28N2O2/c1-13(14-5-7-15(22-4)8-6-14)11-17(21)20-10-9-16(19)18(2,3)12-20/h5-8,13,16H,9-12,19H2,1-4H3. The number of ether oxygens (including phenoxy) is 1. The van der Waals surface area contributed by atoms with Crippen LogP contribution in [0.3, 0.4) is 0 Å². The third-order valence-corrected chi connectivity index (χ3v) is 4.83. The summed E-state index contributed by atoms with van der Waals surface area (Å²) in [4.78, 5) is 14.5. The van der Waals surface area contributed by atoms with Gasteiger partial charge in [-0.05, 0) is 35.4 Å². The first-order valence-electron chi connectivity index (χ1n) is 8.01. The molecule has 1 amide bonds. The molecule has 1 fully saturated rings. The van der Waals surface area contributed by atoms with E-state index < -0.39 is 0 Å². The maximum atomic E-state index is 12.6. The molecule has 1 heterocycles. The number of amides is 1. The van der Waals surface area contributed by atoms with E-state index in [1.807, 2.05) is 29.2 Å². The molecule has 0 aromatic heterocycles. The molecule has 1 aliphatic heterocycles. The van der Waals surface area contributed by atoms with Crippen molar-refractivity contribution in [2.45, 2.75) is 45.6 Å². The van der Waals surface area contributed by atoms with Crippen LogP contribution in [0.15, 0.2) is 24.3 Å². The van der Waals surface area contributed by atoms with Crippen molar-refractivity contribution in [2.24, 2.45) is 11.1 Å². The van der Waals surface area contributed by atoms with Crippen LogP contribution in [-0.2, 0) is 4.79 Å². The summed E-state index contributed by atoms with van der Waals surface area (Å²) in [7, 11) is 1.66. The van der Waals surface area contributed by atoms with Crippen LogP contribution in [0.1, 0.15) is 45.1 Å². The average molecular weight is 304 g/mol. The summed E-state index contributed by atoms with van der Waals surface area (Å²) in [6.07, 6.45) is 1.42. The number of benzene rings is 1. The highest BCUT2D eigenvalue weighted by Gasteiger charge is 2.35. The molecule has 2 unspecified atom stereocenters. The van der Waals surface area contributed by atoms with E-state index in [4.69, 9.17) is 10.5 Å². The molecule has 1 aliphatic rings. The van der Waals surface area contributed by atoms with Crippen molar-refractivity contribution in [1.29, 1.82) is 0 Å². The molecule has 122 valence electrons. The predicted octanol–water partition coefficient (Wildman–Crippen LogP) is 2.77. The molecule has 2 N–H and O–H groups in total. The fourth-order valence-electron chi connectivity index (χ4n) is 3.03. The topological polar surface area (TPSA) is 55.6 Å². The monoisotopic (exact) mass is 304 g/mol. The lowest BCUT2D eigenvalue weighted by atomic mass is 9.79. The number of methoxy groups -OCH3 is 1. The van der Waals surface area contributed by atoms with Crippen LogP contribution in [0, 0.1) is 5.41 Å². The third kappa shape index (κ3) is 3.80. The van der Waals surface area contributed by atoms with Crippen molar-refractivity contribution in [1.82, 2.24) is 4.90 Å². The fraction of sp³-hybridized carbons (Fsp3) is 0.611. The highest BCUT2D eigenvalue weighted by atomic mass is 16.5. The van der Waals surface area contributed by atoms with Gasteiger partial charge in [0.05, 0.1) is 7.11 Å². The molecule has 0 aliphatic carbocycles. The van der Waals surface area contributed by atoms with E-state index in [-0.39, 0.29) is 23.3 Å². The van der Waals surface area contributed by atoms with Crippen LogP contribution in [0.4, 0.5) is 0 Å². The van der Waals surface area contributed by atoms with E-state index in [0.717, 1.165) is 25.3 Å². The van der Waals surface area contributed by atoms with Crippen molar-refractivity contribution in [3.05, 3.63) is 29.8 Å². The summed E-state index contributed by atoms with van der Waals surface area (Å²) in [5.41, 5.74) is 7.31. The first kappa shape index (κ1) is 16.8. The van der Waals surface area contributed by atoms with Gasteiger partial charge in [-0.15, -0.1) is 0 Å². The number of nitrogens with two attached hydrogens (primary N) is 1. The van der Waals surface area contributed by atoms with Crippen LogP contribution in [0.2, 0.25) is 0 Å². The summed E-state index contributed by atoms with van der Waals surface area (Å²) >= 11 is 0. The van der Waals surface area contributed by atoms with Crippen LogP contribution in [-0.4, -0.2) is 37.0 Å². The Hall–Kier alpha value is -1.55. The molecule has 2 rings (SSSR count). The van der Waals surface area contributed by atoms with Gasteiger partial charge in [0.15, 0.2) is 0 Å². The van der Waals surface area contributed by atoms with E-state index in [0.29, 0.717) is 6.42 Å². The van der Waals surface area contributed by atoms with E-state index in [2.05, 4.69) is 20.8 Å². The quantitative estimate of drug-likeness (QED) is 0.930. The smallest absolute Gasteiger partial charge is 0.223 e. The Bertz CT molecular complexity index is 510. The Kier molecular flexibility index (Phi) is 5.12. The lowest BCUT2D eigenvalue weighted by molar-refractivity contribution is -0.135. The van der Waals surface area contributed by atoms with E-state index >= 15 is 0 Å². The van der Waals surface area contributed by atoms with Gasteiger partial charge in [-0.2, -0.15) is 0 Å². The molecule has 0 radical (unpaired) electrons. The van der Waals surface area contributed by atoms with Gasteiger partial charge in [-0.3, -0.25) is 4.79 Å². The molecule has 22 heavy (non-hydrogen) atoms. The van der Waals surface area contributed by atoms with Gasteiger partial charge in [-0.1, -0.05) is 32.9 Å². The zero-order valence-corrected chi connectivity index (χ0v) is 14.1. The zero-order chi connectivity index (χ0) is 16.3. The second-order valence-corrected chi connectivity index (χ2v) is 7.08. The van der Waals surface area contributed by atoms with Crippen LogP contribution >= 0.6 is 0 Å². The number of nitrogens with zero attached hydrogens (tertiary/aromatic N) is 1. The number of carbonyl (C=O) groups excluding carboxylic acids is 1. The zero-order valence-electron chi connectivity index (χ0n) is 14.1. The Balaban J connectivity index is 1.96. The number of hydrogen-bond acceptors (Lipinski definition) is 3. The van der Waals surface area contributed by atoms with Gasteiger partial charge in [-0.25, -0.2) is 0 Å². The van der Waals surface area contributed by atoms with Gasteiger partial charge in [0.25, 0.3) is 0 Å². The first-order valence-corrected chi connectivity index (χ1v) is 8.01. The molecule has 0 bridgehead atoms. The normalized spacial score (nSPS) is 22.2. The van der Waals surface area contributed by atoms with Crippen molar-refractivity contribution in [3.8, 4) is 5.75 Å². The first-order chi connectivity index (χ1) is 10.3. The highest BCUT2D eigenvalue weighted by Crippen LogP contribution is 2.29. The van der Waals surface area contributed by atoms with Crippen molar-refractivity contribution >= 4 is 5.91 Å². The molecular weight excluding hydrogens is 276 g/mol. The van der Waals surface area contributed by atoms with Gasteiger partial charge >= 0.3 is 0 Å². The minimum Gasteiger partial charge on any atom is -0.497 e. The van der Waals surface area contributed by atoms with E-state index in [9.17, 15) is 4.79 Å². The second-order valence-electron chi connectivity index (χ2n) is 7.08. The van der Waals surface area contributed by atoms with Crippen molar-refractivity contribution in [3.63, 3.8) is 0 Å². The minimum absolute atomic E-state index is 0.00272. The van der Waals surface area contributed by atoms with E-state index in [1.54, 1.807) is 7.11 Å². The molecule has 1 saturated heterocycles. The van der Waals surface area contributed by atoms with Crippen LogP contribution in [0.5, 0.6) is 5.75 Å². The molecule has 0 spiro atoms. The second kappa shape index (κ2) is 6.69. The number of piperidine rings is 1. The van der Waals surface area contributed by atoms with Gasteiger partial charge < -0.3 is 15.4 Å². The van der Waals surface area contributed by atoms with Crippen LogP contribution in [0.25, 0.3) is 0 Å². The van der Waals surface area contributed by atoms with Crippen molar-refractivity contribution in [2.75, 3.05) is 20.2 Å². The Morgan fingerprint density at radius 2 is 2.05 bits per heavy atom. The third-order valence-electron chi connectivity index (χ3n) is 4.83. The van der Waals surface area contributed by atoms with Gasteiger partial charge in [0.2, 0.25) is 5.91 Å². The number of rotatable bonds is 4. The molecule has 2 atom stereocenters. The number of carbonyl (C=O) groups is 1. The molecule has 4 heteroatoms. The summed E-state index contributed by atoms with van der Waals surface area (Å²) in [6, 6.07) is 8.13. The summed E-state index contributed by atoms with van der Waals surface area (Å²) in [5, 5.41) is 0. The Morgan fingerprint density at radius 3 is 2.59 bits per heavy atom. The number of likely N-dealkylation sites (tertiary alicyclic amines) is 1. The van der Waals surface area contributed by atoms with Crippen LogP contribution < -0.4 is 10.5 Å². The number of hydrogen-bond donors (Lipinski definition) is 1. The molecule has 1 aromatic rings. The average Bonchev–Trinajstić information content (AvgIpc) is 2.49. The Labute approximate surface area is 133 Å². The van der Waals surface area contributed by atoms with E-state index in [1.165, 1.54) is 5.56 Å². The molecule has 1 aromatic carbocycles. The lowest BCUT2D eigenvalue weighted by Crippen LogP contribution is -2.54. The maximum Gasteiger partial charge on any atom is 0.223 e. The maximum absolute atomic E-state index is 12.6. The highest BCUT2D eigenvalue weighted by molar-refractivity contribution is 5.77. The largest absolute Gasteiger partial charge is 0.497 e. The molecule has 0 saturated carbocycles. The minimum atomic E-state index is -0.00272. The van der Waals surface area contributed by atoms with Crippen molar-refractivity contribution < 1.29 is 9.53 Å². The van der Waals surface area contributed by atoms with Gasteiger partial charge in [0, 0.05) is 25.6 Å². The summed E-state index contributed by atoms with van der Waals surface area (Å²) in [6.45, 7) is 7.91. The molecular formula is C18H28N2O2. The molecule has 4 nitrogen and oxygen atoms in total. The SMILES string of the molecule is COc1ccc(C(C)CC(=O)N2CCC(N)C(C)(C)C2)cc1. The summed E-state index contributed by atoms with van der Waals surface area (Å²) in [5.74, 6) is 1.27. The summed E-state index contributed by atoms with van der Waals surface area (Å²) < 4.78 is 5.17. The predicted molar refractivity (Wildman–Crippen MR) is 89.0 cm³/mol. The Morgan fingerprint density at radius 1 is 1.41 bits per heavy atom. The van der Waals surface area contributed by atoms with Gasteiger partial charge in [0.1, 0.15) is 5.75 Å².